The fourth-order valence-electron chi connectivity index (χ4n) is 6.77. The topological polar surface area (TPSA) is 84.6 Å². The fraction of sp³-hybridized carbons (Fsp3) is 1.00. The zero-order valence-electron chi connectivity index (χ0n) is 23.5. The third kappa shape index (κ3) is 11.8. The molecule has 0 aromatic carbocycles. The van der Waals surface area contributed by atoms with Gasteiger partial charge >= 0.3 is 0 Å². The molecule has 0 spiro atoms. The SMILES string of the molecule is C1CCC(C2CCCC[N-]2)[N-]C1.C1CCC(C2CCCC[N-]2)[N-]C1.C1CCC(C2CCCC[N-]2)[N-]C1.[Ir]. The van der Waals surface area contributed by atoms with Gasteiger partial charge in [0.15, 0.2) is 0 Å². The summed E-state index contributed by atoms with van der Waals surface area (Å²) in [5, 5.41) is 28.0. The molecular weight excluding hydrogens is 637 g/mol. The van der Waals surface area contributed by atoms with E-state index in [-0.39, 0.29) is 20.1 Å². The third-order valence-electron chi connectivity index (χ3n) is 8.96. The van der Waals surface area contributed by atoms with Gasteiger partial charge in [0.2, 0.25) is 0 Å². The average molecular weight is 691 g/mol. The van der Waals surface area contributed by atoms with Gasteiger partial charge in [-0.05, 0) is 0 Å². The Morgan fingerprint density at radius 2 is 0.405 bits per heavy atom. The Morgan fingerprint density at radius 3 is 0.514 bits per heavy atom. The van der Waals surface area contributed by atoms with E-state index in [1.54, 1.807) is 0 Å². The zero-order chi connectivity index (χ0) is 24.7. The van der Waals surface area contributed by atoms with Crippen LogP contribution in [0.1, 0.15) is 116 Å². The minimum atomic E-state index is 0. The van der Waals surface area contributed by atoms with E-state index in [1.165, 1.54) is 116 Å². The summed E-state index contributed by atoms with van der Waals surface area (Å²) in [7, 11) is 0. The van der Waals surface area contributed by atoms with E-state index in [1.807, 2.05) is 0 Å². The first-order valence-corrected chi connectivity index (χ1v) is 15.9. The second-order valence-corrected chi connectivity index (χ2v) is 11.8. The molecule has 0 aromatic heterocycles. The van der Waals surface area contributed by atoms with Gasteiger partial charge in [0.25, 0.3) is 0 Å². The Balaban J connectivity index is 0.000000152. The molecule has 7 heteroatoms. The van der Waals surface area contributed by atoms with Gasteiger partial charge < -0.3 is 31.9 Å². The van der Waals surface area contributed by atoms with Gasteiger partial charge in [0, 0.05) is 20.1 Å². The second-order valence-electron chi connectivity index (χ2n) is 11.8. The van der Waals surface area contributed by atoms with Crippen molar-refractivity contribution in [3.63, 3.8) is 0 Å². The van der Waals surface area contributed by atoms with Crippen molar-refractivity contribution >= 4 is 0 Å². The van der Waals surface area contributed by atoms with E-state index in [0.29, 0.717) is 36.3 Å². The third-order valence-corrected chi connectivity index (χ3v) is 8.96. The molecule has 6 rings (SSSR count). The minimum Gasteiger partial charge on any atom is -0.661 e. The van der Waals surface area contributed by atoms with E-state index >= 15 is 0 Å². The predicted octanol–water partition coefficient (Wildman–Crippen LogP) is 8.51. The number of piperidine rings is 6. The van der Waals surface area contributed by atoms with Crippen LogP contribution in [0.15, 0.2) is 0 Å². The molecule has 6 fully saturated rings. The van der Waals surface area contributed by atoms with Gasteiger partial charge in [-0.25, -0.2) is 0 Å². The Hall–Kier alpha value is 0.409. The van der Waals surface area contributed by atoms with Crippen LogP contribution in [0.5, 0.6) is 0 Å². The molecule has 219 valence electrons. The van der Waals surface area contributed by atoms with Gasteiger partial charge in [-0.1, -0.05) is 116 Å². The average Bonchev–Trinajstić information content (AvgIpc) is 3.01. The molecule has 0 aromatic rings. The van der Waals surface area contributed by atoms with Crippen LogP contribution in [0.25, 0.3) is 31.9 Å². The van der Waals surface area contributed by atoms with Crippen molar-refractivity contribution in [2.24, 2.45) is 0 Å². The standard InChI is InChI=1S/3C10H18N2.Ir/c3*1-3-7-11-9(5-1)10-6-2-4-8-12-10;/h3*9-10H,1-8H2;/q3*-2;. The van der Waals surface area contributed by atoms with Gasteiger partial charge in [0.1, 0.15) is 0 Å². The van der Waals surface area contributed by atoms with Crippen LogP contribution >= 0.6 is 0 Å². The Bertz CT molecular complexity index is 406. The molecule has 6 unspecified atom stereocenters. The summed E-state index contributed by atoms with van der Waals surface area (Å²) in [5.74, 6) is 0. The number of rotatable bonds is 3. The molecule has 37 heavy (non-hydrogen) atoms. The summed E-state index contributed by atoms with van der Waals surface area (Å²) in [6.45, 7) is 6.56. The van der Waals surface area contributed by atoms with Crippen molar-refractivity contribution < 1.29 is 20.1 Å². The summed E-state index contributed by atoms with van der Waals surface area (Å²) >= 11 is 0. The molecule has 6 atom stereocenters. The Kier molecular flexibility index (Phi) is 16.8. The molecule has 0 aliphatic carbocycles. The molecule has 6 saturated heterocycles. The van der Waals surface area contributed by atoms with Crippen LogP contribution in [0.3, 0.4) is 0 Å². The largest absolute Gasteiger partial charge is 0.661 e. The normalized spacial score (nSPS) is 37.0. The molecule has 0 bridgehead atoms. The quantitative estimate of drug-likeness (QED) is 0.285. The van der Waals surface area contributed by atoms with E-state index in [9.17, 15) is 0 Å². The second kappa shape index (κ2) is 19.5. The minimum absolute atomic E-state index is 0. The maximum atomic E-state index is 4.66. The molecule has 1 radical (unpaired) electrons. The summed E-state index contributed by atoms with van der Waals surface area (Å²) in [6, 6.07) is 3.58. The van der Waals surface area contributed by atoms with Gasteiger partial charge in [-0.15, -0.1) is 39.3 Å². The predicted molar refractivity (Wildman–Crippen MR) is 155 cm³/mol. The van der Waals surface area contributed by atoms with E-state index < -0.39 is 0 Å². The van der Waals surface area contributed by atoms with E-state index in [0.717, 1.165) is 39.3 Å². The van der Waals surface area contributed by atoms with Crippen LogP contribution in [-0.2, 0) is 20.1 Å². The molecule has 6 aliphatic rings. The van der Waals surface area contributed by atoms with Crippen molar-refractivity contribution in [1.29, 1.82) is 0 Å². The van der Waals surface area contributed by atoms with Crippen LogP contribution in [0, 0.1) is 0 Å². The molecular formula is C30H54IrN6-6. The Labute approximate surface area is 242 Å². The maximum Gasteiger partial charge on any atom is 0 e. The summed E-state index contributed by atoms with van der Waals surface area (Å²) < 4.78 is 0. The molecule has 0 amide bonds. The molecule has 6 aliphatic heterocycles. The first-order valence-electron chi connectivity index (χ1n) is 15.9. The molecule has 0 N–H and O–H groups in total. The zero-order valence-corrected chi connectivity index (χ0v) is 25.8. The van der Waals surface area contributed by atoms with Crippen LogP contribution in [0.4, 0.5) is 0 Å². The maximum absolute atomic E-state index is 4.66. The van der Waals surface area contributed by atoms with Gasteiger partial charge in [-0.2, -0.15) is 36.3 Å². The molecule has 6 nitrogen and oxygen atoms in total. The van der Waals surface area contributed by atoms with Gasteiger partial charge in [0.05, 0.1) is 0 Å². The van der Waals surface area contributed by atoms with Crippen molar-refractivity contribution in [2.45, 2.75) is 152 Å². The van der Waals surface area contributed by atoms with Crippen LogP contribution in [0.2, 0.25) is 0 Å². The summed E-state index contributed by atoms with van der Waals surface area (Å²) in [4.78, 5) is 0. The molecule has 6 heterocycles. The first-order chi connectivity index (χ1) is 17.9. The smallest absolute Gasteiger partial charge is 0 e. The van der Waals surface area contributed by atoms with Crippen molar-refractivity contribution in [3.8, 4) is 0 Å². The van der Waals surface area contributed by atoms with Crippen LogP contribution in [-0.4, -0.2) is 75.5 Å². The molecule has 0 saturated carbocycles. The number of nitrogens with zero attached hydrogens (tertiary/aromatic N) is 6. The number of hydrogen-bond acceptors (Lipinski definition) is 0. The van der Waals surface area contributed by atoms with E-state index in [2.05, 4.69) is 31.9 Å². The number of hydrogen-bond donors (Lipinski definition) is 0. The monoisotopic (exact) mass is 691 g/mol. The van der Waals surface area contributed by atoms with Crippen molar-refractivity contribution in [2.75, 3.05) is 39.3 Å². The van der Waals surface area contributed by atoms with Crippen molar-refractivity contribution in [1.82, 2.24) is 0 Å². The van der Waals surface area contributed by atoms with E-state index in [4.69, 9.17) is 0 Å². The summed E-state index contributed by atoms with van der Waals surface area (Å²) in [5.41, 5.74) is 0. The fourth-order valence-corrected chi connectivity index (χ4v) is 6.77. The first kappa shape index (κ1) is 31.9. The summed E-state index contributed by atoms with van der Waals surface area (Å²) in [6.07, 6.45) is 23.9. The van der Waals surface area contributed by atoms with Gasteiger partial charge in [-0.3, -0.25) is 0 Å². The Morgan fingerprint density at radius 1 is 0.243 bits per heavy atom. The van der Waals surface area contributed by atoms with Crippen molar-refractivity contribution in [3.05, 3.63) is 31.9 Å². The van der Waals surface area contributed by atoms with Crippen LogP contribution < -0.4 is 0 Å².